The molecule has 0 unspecified atom stereocenters. The lowest BCUT2D eigenvalue weighted by molar-refractivity contribution is -0.142. The van der Waals surface area contributed by atoms with Gasteiger partial charge in [0, 0.05) is 11.1 Å². The van der Waals surface area contributed by atoms with Crippen LogP contribution in [0.3, 0.4) is 0 Å². The summed E-state index contributed by atoms with van der Waals surface area (Å²) in [6.45, 7) is 1.54. The normalized spacial score (nSPS) is 12.1. The number of nitrogen functional groups attached to an aromatic ring is 1. The average molecular weight is 262 g/mol. The zero-order valence-electron chi connectivity index (χ0n) is 10.6. The number of aromatic amines is 1. The van der Waals surface area contributed by atoms with Crippen molar-refractivity contribution in [3.8, 4) is 0 Å². The number of nitrogens with one attached hydrogen (secondary N) is 2. The van der Waals surface area contributed by atoms with Gasteiger partial charge in [-0.25, -0.2) is 4.79 Å². The Morgan fingerprint density at radius 1 is 1.47 bits per heavy atom. The molecule has 2 aromatic rings. The number of rotatable bonds is 3. The Bertz CT molecular complexity index is 635. The van der Waals surface area contributed by atoms with Gasteiger partial charge in [-0.05, 0) is 25.1 Å². The van der Waals surface area contributed by atoms with Crippen molar-refractivity contribution in [2.45, 2.75) is 13.0 Å². The summed E-state index contributed by atoms with van der Waals surface area (Å²) in [6, 6.07) is 4.31. The fourth-order valence-electron chi connectivity index (χ4n) is 1.71. The molecular formula is C12H14N4O3. The first-order chi connectivity index (χ1) is 9.02. The third kappa shape index (κ3) is 2.49. The van der Waals surface area contributed by atoms with Gasteiger partial charge >= 0.3 is 5.97 Å². The Morgan fingerprint density at radius 2 is 2.21 bits per heavy atom. The van der Waals surface area contributed by atoms with Crippen LogP contribution in [0.4, 0.5) is 5.69 Å². The lowest BCUT2D eigenvalue weighted by atomic mass is 10.2. The second-order valence-electron chi connectivity index (χ2n) is 4.09. The van der Waals surface area contributed by atoms with Crippen LogP contribution in [0.5, 0.6) is 0 Å². The summed E-state index contributed by atoms with van der Waals surface area (Å²) in [5.74, 6) is -0.938. The number of H-pyrrole nitrogens is 1. The van der Waals surface area contributed by atoms with E-state index in [2.05, 4.69) is 20.3 Å². The van der Waals surface area contributed by atoms with Gasteiger partial charge < -0.3 is 15.8 Å². The molecule has 1 heterocycles. The summed E-state index contributed by atoms with van der Waals surface area (Å²) in [6.07, 6.45) is 0. The molecule has 4 N–H and O–H groups in total. The van der Waals surface area contributed by atoms with Crippen LogP contribution in [-0.4, -0.2) is 35.2 Å². The minimum Gasteiger partial charge on any atom is -0.467 e. The number of hydrogen-bond donors (Lipinski definition) is 3. The molecule has 0 saturated carbocycles. The second-order valence-corrected chi connectivity index (χ2v) is 4.09. The first-order valence-electron chi connectivity index (χ1n) is 5.65. The first-order valence-corrected chi connectivity index (χ1v) is 5.65. The number of methoxy groups -OCH3 is 1. The maximum absolute atomic E-state index is 12.0. The molecule has 0 aliphatic heterocycles. The van der Waals surface area contributed by atoms with Crippen molar-refractivity contribution in [3.63, 3.8) is 0 Å². The van der Waals surface area contributed by atoms with Crippen LogP contribution >= 0.6 is 0 Å². The van der Waals surface area contributed by atoms with Crippen LogP contribution < -0.4 is 11.1 Å². The van der Waals surface area contributed by atoms with Gasteiger partial charge in [-0.1, -0.05) is 0 Å². The largest absolute Gasteiger partial charge is 0.467 e. The van der Waals surface area contributed by atoms with Crippen molar-refractivity contribution < 1.29 is 14.3 Å². The quantitative estimate of drug-likeness (QED) is 0.549. The van der Waals surface area contributed by atoms with Crippen LogP contribution in [0.15, 0.2) is 18.2 Å². The van der Waals surface area contributed by atoms with Gasteiger partial charge in [0.15, 0.2) is 0 Å². The standard InChI is InChI=1S/C12H14N4O3/c1-6(12(18)19-2)14-11(17)10-8-4-3-7(13)5-9(8)15-16-10/h3-6H,13H2,1-2H3,(H,14,17)(H,15,16)/t6-/m0/s1. The van der Waals surface area contributed by atoms with Crippen molar-refractivity contribution in [3.05, 3.63) is 23.9 Å². The number of hydrogen-bond acceptors (Lipinski definition) is 5. The number of nitrogens with zero attached hydrogens (tertiary/aromatic N) is 1. The fourth-order valence-corrected chi connectivity index (χ4v) is 1.71. The van der Waals surface area contributed by atoms with E-state index in [9.17, 15) is 9.59 Å². The van der Waals surface area contributed by atoms with Crippen LogP contribution in [0, 0.1) is 0 Å². The van der Waals surface area contributed by atoms with Crippen molar-refractivity contribution >= 4 is 28.5 Å². The molecule has 0 aliphatic rings. The van der Waals surface area contributed by atoms with Gasteiger partial charge in [0.25, 0.3) is 5.91 Å². The van der Waals surface area contributed by atoms with Crippen LogP contribution in [0.25, 0.3) is 10.9 Å². The summed E-state index contributed by atoms with van der Waals surface area (Å²) in [5.41, 5.74) is 7.07. The maximum atomic E-state index is 12.0. The maximum Gasteiger partial charge on any atom is 0.328 e. The summed E-state index contributed by atoms with van der Waals surface area (Å²) in [7, 11) is 1.26. The molecule has 1 aromatic heterocycles. The van der Waals surface area contributed by atoms with E-state index in [1.165, 1.54) is 7.11 Å². The number of carbonyl (C=O) groups is 2. The molecule has 0 spiro atoms. The van der Waals surface area contributed by atoms with Crippen LogP contribution in [0.2, 0.25) is 0 Å². The third-order valence-corrected chi connectivity index (χ3v) is 2.71. The van der Waals surface area contributed by atoms with E-state index in [0.717, 1.165) is 0 Å². The molecule has 1 atom stereocenters. The minimum atomic E-state index is -0.732. The Kier molecular flexibility index (Phi) is 3.37. The van der Waals surface area contributed by atoms with Crippen molar-refractivity contribution in [1.29, 1.82) is 0 Å². The number of benzene rings is 1. The first kappa shape index (κ1) is 12.9. The molecule has 100 valence electrons. The molecule has 1 aromatic carbocycles. The average Bonchev–Trinajstić information content (AvgIpc) is 2.80. The lowest BCUT2D eigenvalue weighted by Crippen LogP contribution is -2.39. The molecule has 0 saturated heterocycles. The predicted octanol–water partition coefficient (Wildman–Crippen LogP) is 0.436. The Balaban J connectivity index is 2.25. The Hall–Kier alpha value is -2.57. The molecule has 0 radical (unpaired) electrons. The van der Waals surface area contributed by atoms with Crippen LogP contribution in [-0.2, 0) is 9.53 Å². The fraction of sp³-hybridized carbons (Fsp3) is 0.250. The number of amides is 1. The third-order valence-electron chi connectivity index (χ3n) is 2.71. The molecule has 0 fully saturated rings. The van der Waals surface area contributed by atoms with Gasteiger partial charge in [0.05, 0.1) is 12.6 Å². The highest BCUT2D eigenvalue weighted by molar-refractivity contribution is 6.06. The summed E-state index contributed by atoms with van der Waals surface area (Å²) in [5, 5.41) is 9.79. The molecular weight excluding hydrogens is 248 g/mol. The van der Waals surface area contributed by atoms with Gasteiger partial charge in [0.2, 0.25) is 0 Å². The zero-order valence-corrected chi connectivity index (χ0v) is 10.6. The second kappa shape index (κ2) is 4.97. The smallest absolute Gasteiger partial charge is 0.328 e. The number of anilines is 1. The minimum absolute atomic E-state index is 0.283. The van der Waals surface area contributed by atoms with Crippen molar-refractivity contribution in [2.75, 3.05) is 12.8 Å². The van der Waals surface area contributed by atoms with E-state index in [4.69, 9.17) is 5.73 Å². The Labute approximate surface area is 109 Å². The SMILES string of the molecule is COC(=O)[C@H](C)NC(=O)c1[nH]nc2cc(N)ccc12. The molecule has 0 bridgehead atoms. The van der Waals surface area contributed by atoms with E-state index in [0.29, 0.717) is 16.6 Å². The highest BCUT2D eigenvalue weighted by Gasteiger charge is 2.19. The highest BCUT2D eigenvalue weighted by atomic mass is 16.5. The van der Waals surface area contributed by atoms with E-state index in [-0.39, 0.29) is 5.69 Å². The van der Waals surface area contributed by atoms with Gasteiger partial charge in [-0.3, -0.25) is 9.89 Å². The summed E-state index contributed by atoms with van der Waals surface area (Å²) >= 11 is 0. The number of nitrogens with two attached hydrogens (primary N) is 1. The molecule has 7 nitrogen and oxygen atoms in total. The van der Waals surface area contributed by atoms with E-state index >= 15 is 0 Å². The zero-order chi connectivity index (χ0) is 14.0. The number of aromatic nitrogens is 2. The van der Waals surface area contributed by atoms with Gasteiger partial charge in [-0.15, -0.1) is 0 Å². The predicted molar refractivity (Wildman–Crippen MR) is 69.5 cm³/mol. The summed E-state index contributed by atoms with van der Waals surface area (Å²) in [4.78, 5) is 23.3. The van der Waals surface area contributed by atoms with E-state index in [1.54, 1.807) is 25.1 Å². The van der Waals surface area contributed by atoms with Gasteiger partial charge in [0.1, 0.15) is 11.7 Å². The van der Waals surface area contributed by atoms with Crippen LogP contribution in [0.1, 0.15) is 17.4 Å². The topological polar surface area (TPSA) is 110 Å². The summed E-state index contributed by atoms with van der Waals surface area (Å²) < 4.78 is 4.54. The number of carbonyl (C=O) groups excluding carboxylic acids is 2. The molecule has 0 aliphatic carbocycles. The van der Waals surface area contributed by atoms with Crippen molar-refractivity contribution in [1.82, 2.24) is 15.5 Å². The number of esters is 1. The lowest BCUT2D eigenvalue weighted by Gasteiger charge is -2.10. The monoisotopic (exact) mass is 262 g/mol. The number of ether oxygens (including phenoxy) is 1. The van der Waals surface area contributed by atoms with E-state index in [1.807, 2.05) is 0 Å². The molecule has 19 heavy (non-hydrogen) atoms. The molecule has 1 amide bonds. The van der Waals surface area contributed by atoms with E-state index < -0.39 is 17.9 Å². The molecule has 7 heteroatoms. The molecule has 2 rings (SSSR count). The number of fused-ring (bicyclic) bond motifs is 1. The van der Waals surface area contributed by atoms with Crippen molar-refractivity contribution in [2.24, 2.45) is 0 Å². The van der Waals surface area contributed by atoms with Gasteiger partial charge in [-0.2, -0.15) is 5.10 Å². The highest BCUT2D eigenvalue weighted by Crippen LogP contribution is 2.18. The Morgan fingerprint density at radius 3 is 2.89 bits per heavy atom.